The Morgan fingerprint density at radius 1 is 1.30 bits per heavy atom. The highest BCUT2D eigenvalue weighted by molar-refractivity contribution is 7.91. The fourth-order valence-electron chi connectivity index (χ4n) is 2.40. The number of carbonyl (C=O) groups is 1. The monoisotopic (exact) mass is 297 g/mol. The molecule has 5 nitrogen and oxygen atoms in total. The van der Waals surface area contributed by atoms with Gasteiger partial charge in [-0.05, 0) is 50.6 Å². The number of aromatic carboxylic acids is 1. The number of hydrogen-bond acceptors (Lipinski definition) is 4. The SMILES string of the molecule is Cc1ccc(S(=O)(=O)CCN2CCCC2)cc1C(=O)O. The maximum absolute atomic E-state index is 12.3. The fourth-order valence-corrected chi connectivity index (χ4v) is 3.71. The smallest absolute Gasteiger partial charge is 0.335 e. The molecule has 0 atom stereocenters. The number of sulfone groups is 1. The lowest BCUT2D eigenvalue weighted by atomic mass is 10.1. The molecule has 0 unspecified atom stereocenters. The van der Waals surface area contributed by atoms with E-state index < -0.39 is 15.8 Å². The molecule has 0 spiro atoms. The first-order valence-electron chi connectivity index (χ1n) is 6.69. The minimum absolute atomic E-state index is 0.0368. The summed E-state index contributed by atoms with van der Waals surface area (Å²) in [4.78, 5) is 13.3. The molecule has 1 saturated heterocycles. The van der Waals surface area contributed by atoms with Crippen LogP contribution >= 0.6 is 0 Å². The largest absolute Gasteiger partial charge is 0.478 e. The van der Waals surface area contributed by atoms with Crippen LogP contribution in [-0.2, 0) is 9.84 Å². The Hall–Kier alpha value is -1.40. The Bertz CT molecular complexity index is 604. The average molecular weight is 297 g/mol. The van der Waals surface area contributed by atoms with Crippen molar-refractivity contribution in [3.8, 4) is 0 Å². The van der Waals surface area contributed by atoms with Crippen molar-refractivity contribution in [3.63, 3.8) is 0 Å². The highest BCUT2D eigenvalue weighted by atomic mass is 32.2. The topological polar surface area (TPSA) is 74.7 Å². The van der Waals surface area contributed by atoms with Crippen LogP contribution in [-0.4, -0.2) is 49.8 Å². The van der Waals surface area contributed by atoms with Gasteiger partial charge in [-0.25, -0.2) is 13.2 Å². The molecule has 1 aliphatic rings. The van der Waals surface area contributed by atoms with Crippen molar-refractivity contribution >= 4 is 15.8 Å². The predicted molar refractivity (Wildman–Crippen MR) is 75.9 cm³/mol. The molecule has 0 aliphatic carbocycles. The van der Waals surface area contributed by atoms with E-state index in [9.17, 15) is 13.2 Å². The van der Waals surface area contributed by atoms with Crippen molar-refractivity contribution in [1.82, 2.24) is 4.90 Å². The third-order valence-electron chi connectivity index (χ3n) is 3.67. The minimum atomic E-state index is -3.43. The van der Waals surface area contributed by atoms with Crippen molar-refractivity contribution < 1.29 is 18.3 Å². The highest BCUT2D eigenvalue weighted by Crippen LogP contribution is 2.18. The first-order valence-corrected chi connectivity index (χ1v) is 8.34. The van der Waals surface area contributed by atoms with Crippen molar-refractivity contribution in [3.05, 3.63) is 29.3 Å². The van der Waals surface area contributed by atoms with Gasteiger partial charge in [-0.15, -0.1) is 0 Å². The maximum atomic E-state index is 12.3. The number of benzene rings is 1. The Morgan fingerprint density at radius 3 is 2.55 bits per heavy atom. The van der Waals surface area contributed by atoms with Crippen LogP contribution in [0.3, 0.4) is 0 Å². The number of carboxylic acid groups (broad SMARTS) is 1. The van der Waals surface area contributed by atoms with Gasteiger partial charge in [0.2, 0.25) is 0 Å². The van der Waals surface area contributed by atoms with Crippen LogP contribution in [0.5, 0.6) is 0 Å². The molecule has 110 valence electrons. The van der Waals surface area contributed by atoms with Gasteiger partial charge in [0.25, 0.3) is 0 Å². The number of likely N-dealkylation sites (tertiary alicyclic amines) is 1. The molecule has 0 saturated carbocycles. The zero-order valence-corrected chi connectivity index (χ0v) is 12.3. The molecule has 0 bridgehead atoms. The molecule has 1 aliphatic heterocycles. The molecule has 1 aromatic carbocycles. The number of rotatable bonds is 5. The Balaban J connectivity index is 2.16. The summed E-state index contributed by atoms with van der Waals surface area (Å²) in [5, 5.41) is 9.06. The van der Waals surface area contributed by atoms with E-state index in [0.717, 1.165) is 25.9 Å². The van der Waals surface area contributed by atoms with Crippen LogP contribution in [0.2, 0.25) is 0 Å². The summed E-state index contributed by atoms with van der Waals surface area (Å²) >= 11 is 0. The van der Waals surface area contributed by atoms with Gasteiger partial charge in [0.15, 0.2) is 9.84 Å². The van der Waals surface area contributed by atoms with Crippen LogP contribution in [0, 0.1) is 6.92 Å². The summed E-state index contributed by atoms with van der Waals surface area (Å²) < 4.78 is 24.5. The third-order valence-corrected chi connectivity index (χ3v) is 5.37. The molecule has 1 N–H and O–H groups in total. The van der Waals surface area contributed by atoms with Crippen molar-refractivity contribution in [2.75, 3.05) is 25.4 Å². The Kier molecular flexibility index (Phi) is 4.45. The second-order valence-corrected chi connectivity index (χ2v) is 7.26. The van der Waals surface area contributed by atoms with Gasteiger partial charge >= 0.3 is 5.97 Å². The number of nitrogens with zero attached hydrogens (tertiary/aromatic N) is 1. The summed E-state index contributed by atoms with van der Waals surface area (Å²) in [6.07, 6.45) is 2.24. The first-order chi connectivity index (χ1) is 9.40. The first kappa shape index (κ1) is 15.0. The van der Waals surface area contributed by atoms with E-state index in [1.165, 1.54) is 12.1 Å². The standard InChI is InChI=1S/C14H19NO4S/c1-11-4-5-12(10-13(11)14(16)17)20(18,19)9-8-15-6-2-3-7-15/h4-5,10H,2-3,6-9H2,1H3,(H,16,17). The lowest BCUT2D eigenvalue weighted by Crippen LogP contribution is -2.26. The van der Waals surface area contributed by atoms with E-state index in [1.807, 2.05) is 0 Å². The average Bonchev–Trinajstić information content (AvgIpc) is 2.89. The second kappa shape index (κ2) is 5.93. The van der Waals surface area contributed by atoms with Gasteiger partial charge in [-0.3, -0.25) is 0 Å². The molecule has 0 aromatic heterocycles. The van der Waals surface area contributed by atoms with E-state index in [1.54, 1.807) is 13.0 Å². The normalized spacial score (nSPS) is 16.4. The Labute approximate surface area is 119 Å². The molecule has 20 heavy (non-hydrogen) atoms. The van der Waals surface area contributed by atoms with E-state index in [2.05, 4.69) is 4.90 Å². The molecule has 1 fully saturated rings. The van der Waals surface area contributed by atoms with E-state index in [-0.39, 0.29) is 16.2 Å². The summed E-state index contributed by atoms with van der Waals surface area (Å²) in [5.41, 5.74) is 0.614. The third kappa shape index (κ3) is 3.37. The van der Waals surface area contributed by atoms with E-state index in [4.69, 9.17) is 5.11 Å². The van der Waals surface area contributed by atoms with Gasteiger partial charge in [0, 0.05) is 6.54 Å². The van der Waals surface area contributed by atoms with Crippen LogP contribution < -0.4 is 0 Å². The molecule has 0 amide bonds. The van der Waals surface area contributed by atoms with Gasteiger partial charge in [-0.2, -0.15) is 0 Å². The zero-order chi connectivity index (χ0) is 14.8. The van der Waals surface area contributed by atoms with Gasteiger partial charge in [0.1, 0.15) is 0 Å². The van der Waals surface area contributed by atoms with Crippen LogP contribution in [0.1, 0.15) is 28.8 Å². The van der Waals surface area contributed by atoms with Crippen LogP contribution in [0.4, 0.5) is 0 Å². The van der Waals surface area contributed by atoms with E-state index in [0.29, 0.717) is 12.1 Å². The predicted octanol–water partition coefficient (Wildman–Crippen LogP) is 1.56. The lowest BCUT2D eigenvalue weighted by Gasteiger charge is -2.14. The van der Waals surface area contributed by atoms with Gasteiger partial charge < -0.3 is 10.0 Å². The summed E-state index contributed by atoms with van der Waals surface area (Å²) in [7, 11) is -3.43. The van der Waals surface area contributed by atoms with Gasteiger partial charge in [0.05, 0.1) is 16.2 Å². The lowest BCUT2D eigenvalue weighted by molar-refractivity contribution is 0.0696. The van der Waals surface area contributed by atoms with Crippen molar-refractivity contribution in [2.45, 2.75) is 24.7 Å². The van der Waals surface area contributed by atoms with Crippen molar-refractivity contribution in [1.29, 1.82) is 0 Å². The molecule has 6 heteroatoms. The summed E-state index contributed by atoms with van der Waals surface area (Å²) in [6, 6.07) is 4.30. The Morgan fingerprint density at radius 2 is 1.95 bits per heavy atom. The maximum Gasteiger partial charge on any atom is 0.335 e. The minimum Gasteiger partial charge on any atom is -0.478 e. The number of aryl methyl sites for hydroxylation is 1. The van der Waals surface area contributed by atoms with Gasteiger partial charge in [-0.1, -0.05) is 6.07 Å². The fraction of sp³-hybridized carbons (Fsp3) is 0.500. The molecular formula is C14H19NO4S. The molecule has 1 heterocycles. The van der Waals surface area contributed by atoms with E-state index >= 15 is 0 Å². The zero-order valence-electron chi connectivity index (χ0n) is 11.5. The van der Waals surface area contributed by atoms with Crippen LogP contribution in [0.15, 0.2) is 23.1 Å². The summed E-state index contributed by atoms with van der Waals surface area (Å²) in [6.45, 7) is 4.07. The molecule has 2 rings (SSSR count). The van der Waals surface area contributed by atoms with Crippen LogP contribution in [0.25, 0.3) is 0 Å². The highest BCUT2D eigenvalue weighted by Gasteiger charge is 2.20. The number of hydrogen-bond donors (Lipinski definition) is 1. The summed E-state index contributed by atoms with van der Waals surface area (Å²) in [5.74, 6) is -1.06. The molecule has 0 radical (unpaired) electrons. The second-order valence-electron chi connectivity index (χ2n) is 5.15. The molecule has 1 aromatic rings. The quantitative estimate of drug-likeness (QED) is 0.892. The number of carboxylic acids is 1. The van der Waals surface area contributed by atoms with Crippen molar-refractivity contribution in [2.24, 2.45) is 0 Å². The molecular weight excluding hydrogens is 278 g/mol.